The smallest absolute Gasteiger partial charge is 0.324 e. The molecule has 0 saturated carbocycles. The van der Waals surface area contributed by atoms with E-state index in [0.717, 1.165) is 37.8 Å². The quantitative estimate of drug-likeness (QED) is 0.868. The Morgan fingerprint density at radius 1 is 1.61 bits per heavy atom. The fourth-order valence-corrected chi connectivity index (χ4v) is 2.92. The van der Waals surface area contributed by atoms with Crippen molar-refractivity contribution in [2.75, 3.05) is 6.54 Å². The summed E-state index contributed by atoms with van der Waals surface area (Å²) in [5, 5.41) is 9.59. The maximum absolute atomic E-state index is 11.7. The van der Waals surface area contributed by atoms with Gasteiger partial charge in [0.1, 0.15) is 5.54 Å². The van der Waals surface area contributed by atoms with Crippen molar-refractivity contribution in [3.63, 3.8) is 0 Å². The zero-order chi connectivity index (χ0) is 13.0. The van der Waals surface area contributed by atoms with Crippen LogP contribution in [-0.2, 0) is 11.3 Å². The van der Waals surface area contributed by atoms with Crippen molar-refractivity contribution in [2.45, 2.75) is 44.7 Å². The second-order valence-electron chi connectivity index (χ2n) is 4.97. The van der Waals surface area contributed by atoms with E-state index in [1.165, 1.54) is 0 Å². The summed E-state index contributed by atoms with van der Waals surface area (Å²) in [6, 6.07) is 3.90. The number of pyridine rings is 1. The van der Waals surface area contributed by atoms with Crippen LogP contribution >= 0.6 is 0 Å². The van der Waals surface area contributed by atoms with E-state index in [2.05, 4.69) is 9.88 Å². The first-order chi connectivity index (χ1) is 8.69. The van der Waals surface area contributed by atoms with E-state index in [1.54, 1.807) is 6.20 Å². The zero-order valence-electron chi connectivity index (χ0n) is 10.8. The fourth-order valence-electron chi connectivity index (χ4n) is 2.92. The van der Waals surface area contributed by atoms with E-state index in [0.29, 0.717) is 6.54 Å². The van der Waals surface area contributed by atoms with Crippen LogP contribution in [0.4, 0.5) is 0 Å². The Labute approximate surface area is 108 Å². The highest BCUT2D eigenvalue weighted by Gasteiger charge is 2.46. The zero-order valence-corrected chi connectivity index (χ0v) is 10.8. The molecule has 1 aliphatic rings. The third-order valence-corrected chi connectivity index (χ3v) is 3.78. The lowest BCUT2D eigenvalue weighted by Crippen LogP contribution is -2.49. The van der Waals surface area contributed by atoms with Gasteiger partial charge in [-0.1, -0.05) is 19.4 Å². The highest BCUT2D eigenvalue weighted by Crippen LogP contribution is 2.35. The van der Waals surface area contributed by atoms with E-state index >= 15 is 0 Å². The predicted molar refractivity (Wildman–Crippen MR) is 69.2 cm³/mol. The first-order valence-electron chi connectivity index (χ1n) is 6.56. The molecule has 2 heterocycles. The predicted octanol–water partition coefficient (Wildman–Crippen LogP) is 2.30. The average Bonchev–Trinajstić information content (AvgIpc) is 2.75. The maximum atomic E-state index is 11.7. The molecular weight excluding hydrogens is 228 g/mol. The van der Waals surface area contributed by atoms with Gasteiger partial charge in [0.2, 0.25) is 0 Å². The van der Waals surface area contributed by atoms with Gasteiger partial charge in [-0.15, -0.1) is 0 Å². The summed E-state index contributed by atoms with van der Waals surface area (Å²) in [7, 11) is 0. The normalized spacial score (nSPS) is 24.3. The molecular formula is C14H20N2O2. The molecule has 1 saturated heterocycles. The van der Waals surface area contributed by atoms with Gasteiger partial charge in [0.05, 0.1) is 0 Å². The van der Waals surface area contributed by atoms with Gasteiger partial charge in [-0.2, -0.15) is 0 Å². The highest BCUT2D eigenvalue weighted by atomic mass is 16.4. The standard InChI is InChI=1S/C14H20N2O2/c1-2-6-14(13(17)18)7-4-9-16(14)11-12-5-3-8-15-10-12/h3,5,8,10H,2,4,6-7,9,11H2,1H3,(H,17,18). The van der Waals surface area contributed by atoms with Gasteiger partial charge >= 0.3 is 5.97 Å². The number of likely N-dealkylation sites (tertiary alicyclic amines) is 1. The van der Waals surface area contributed by atoms with E-state index in [1.807, 2.05) is 25.3 Å². The summed E-state index contributed by atoms with van der Waals surface area (Å²) >= 11 is 0. The molecule has 0 radical (unpaired) electrons. The van der Waals surface area contributed by atoms with Crippen LogP contribution in [0.1, 0.15) is 38.2 Å². The first kappa shape index (κ1) is 13.0. The third kappa shape index (κ3) is 2.38. The van der Waals surface area contributed by atoms with Crippen molar-refractivity contribution in [3.8, 4) is 0 Å². The molecule has 0 spiro atoms. The SMILES string of the molecule is CCCC1(C(=O)O)CCCN1Cc1cccnc1. The molecule has 1 aromatic heterocycles. The minimum atomic E-state index is -0.675. The number of hydrogen-bond acceptors (Lipinski definition) is 3. The number of nitrogens with zero attached hydrogens (tertiary/aromatic N) is 2. The fraction of sp³-hybridized carbons (Fsp3) is 0.571. The van der Waals surface area contributed by atoms with Gasteiger partial charge in [-0.3, -0.25) is 14.7 Å². The third-order valence-electron chi connectivity index (χ3n) is 3.78. The Morgan fingerprint density at radius 2 is 2.44 bits per heavy atom. The topological polar surface area (TPSA) is 53.4 Å². The molecule has 4 nitrogen and oxygen atoms in total. The number of aromatic nitrogens is 1. The summed E-state index contributed by atoms with van der Waals surface area (Å²) in [6.07, 6.45) is 6.91. The van der Waals surface area contributed by atoms with Crippen LogP contribution < -0.4 is 0 Å². The second-order valence-corrected chi connectivity index (χ2v) is 4.97. The molecule has 98 valence electrons. The average molecular weight is 248 g/mol. The number of carboxylic acid groups (broad SMARTS) is 1. The molecule has 1 fully saturated rings. The van der Waals surface area contributed by atoms with Crippen molar-refractivity contribution in [1.29, 1.82) is 0 Å². The molecule has 0 bridgehead atoms. The van der Waals surface area contributed by atoms with Crippen molar-refractivity contribution < 1.29 is 9.90 Å². The summed E-state index contributed by atoms with van der Waals surface area (Å²) < 4.78 is 0. The van der Waals surface area contributed by atoms with Gasteiger partial charge in [0, 0.05) is 18.9 Å². The van der Waals surface area contributed by atoms with Gasteiger partial charge < -0.3 is 5.11 Å². The largest absolute Gasteiger partial charge is 0.480 e. The van der Waals surface area contributed by atoms with Crippen LogP contribution in [-0.4, -0.2) is 33.0 Å². The van der Waals surface area contributed by atoms with Gasteiger partial charge in [0.25, 0.3) is 0 Å². The van der Waals surface area contributed by atoms with Gasteiger partial charge in [0.15, 0.2) is 0 Å². The monoisotopic (exact) mass is 248 g/mol. The second kappa shape index (κ2) is 5.48. The van der Waals surface area contributed by atoms with Crippen molar-refractivity contribution in [1.82, 2.24) is 9.88 Å². The van der Waals surface area contributed by atoms with E-state index in [9.17, 15) is 9.90 Å². The van der Waals surface area contributed by atoms with Crippen LogP contribution in [0.25, 0.3) is 0 Å². The Morgan fingerprint density at radius 3 is 3.06 bits per heavy atom. The Balaban J connectivity index is 2.18. The molecule has 2 rings (SSSR count). The number of rotatable bonds is 5. The molecule has 1 N–H and O–H groups in total. The summed E-state index contributed by atoms with van der Waals surface area (Å²) in [6.45, 7) is 3.59. The van der Waals surface area contributed by atoms with Crippen molar-refractivity contribution in [3.05, 3.63) is 30.1 Å². The van der Waals surface area contributed by atoms with Crippen LogP contribution in [0, 0.1) is 0 Å². The number of hydrogen-bond donors (Lipinski definition) is 1. The number of aliphatic carboxylic acids is 1. The van der Waals surface area contributed by atoms with Crippen LogP contribution in [0.2, 0.25) is 0 Å². The molecule has 0 amide bonds. The molecule has 1 aliphatic heterocycles. The first-order valence-corrected chi connectivity index (χ1v) is 6.56. The van der Waals surface area contributed by atoms with Gasteiger partial charge in [-0.25, -0.2) is 0 Å². The minimum Gasteiger partial charge on any atom is -0.480 e. The molecule has 1 atom stereocenters. The minimum absolute atomic E-state index is 0.662. The van der Waals surface area contributed by atoms with E-state index < -0.39 is 11.5 Å². The Bertz CT molecular complexity index is 408. The summed E-state index contributed by atoms with van der Waals surface area (Å²) in [5.74, 6) is -0.675. The van der Waals surface area contributed by atoms with E-state index in [-0.39, 0.29) is 0 Å². The maximum Gasteiger partial charge on any atom is 0.324 e. The molecule has 0 aromatic carbocycles. The lowest BCUT2D eigenvalue weighted by molar-refractivity contribution is -0.150. The Hall–Kier alpha value is -1.42. The van der Waals surface area contributed by atoms with Crippen molar-refractivity contribution >= 4 is 5.97 Å². The Kier molecular flexibility index (Phi) is 3.97. The lowest BCUT2D eigenvalue weighted by Gasteiger charge is -2.34. The highest BCUT2D eigenvalue weighted by molar-refractivity contribution is 5.79. The molecule has 1 unspecified atom stereocenters. The molecule has 18 heavy (non-hydrogen) atoms. The summed E-state index contributed by atoms with van der Waals surface area (Å²) in [4.78, 5) is 17.9. The molecule has 4 heteroatoms. The van der Waals surface area contributed by atoms with E-state index in [4.69, 9.17) is 0 Å². The van der Waals surface area contributed by atoms with Crippen LogP contribution in [0.15, 0.2) is 24.5 Å². The molecule has 1 aromatic rings. The summed E-state index contributed by atoms with van der Waals surface area (Å²) in [5.41, 5.74) is 0.422. The number of carbonyl (C=O) groups is 1. The molecule has 0 aliphatic carbocycles. The van der Waals surface area contributed by atoms with Crippen LogP contribution in [0.3, 0.4) is 0 Å². The van der Waals surface area contributed by atoms with Gasteiger partial charge in [-0.05, 0) is 37.4 Å². The lowest BCUT2D eigenvalue weighted by atomic mass is 9.90. The number of carboxylic acids is 1. The van der Waals surface area contributed by atoms with Crippen LogP contribution in [0.5, 0.6) is 0 Å². The van der Waals surface area contributed by atoms with Crippen molar-refractivity contribution in [2.24, 2.45) is 0 Å².